The SMILES string of the molecule is Cc1ccc(-c2ccc3c(c2)C(=O)N(c2ccc(-c4ccc(N5C(=O)c6ccc(-c7ccc(C)cc7)cc6C5=O)c(CC(C)(C)C)c4)cc2CC(C)(C)C)C3=O)cc1. The Hall–Kier alpha value is -6.40. The van der Waals surface area contributed by atoms with E-state index in [0.717, 1.165) is 55.6 Å². The highest BCUT2D eigenvalue weighted by molar-refractivity contribution is 6.36. The Morgan fingerprint density at radius 2 is 0.655 bits per heavy atom. The normalized spacial score (nSPS) is 14.1. The smallest absolute Gasteiger partial charge is 0.266 e. The molecular formula is C52H48N2O4. The van der Waals surface area contributed by atoms with Gasteiger partial charge in [0.1, 0.15) is 0 Å². The first-order valence-corrected chi connectivity index (χ1v) is 19.9. The summed E-state index contributed by atoms with van der Waals surface area (Å²) in [6.45, 7) is 16.9. The maximum absolute atomic E-state index is 14.1. The molecule has 2 heterocycles. The number of hydrogen-bond acceptors (Lipinski definition) is 4. The maximum Gasteiger partial charge on any atom is 0.266 e. The van der Waals surface area contributed by atoms with Crippen LogP contribution in [0.2, 0.25) is 0 Å². The van der Waals surface area contributed by atoms with Crippen molar-refractivity contribution in [2.24, 2.45) is 10.8 Å². The van der Waals surface area contributed by atoms with E-state index in [2.05, 4.69) is 53.7 Å². The number of carbonyl (C=O) groups excluding carboxylic acids is 4. The molecule has 290 valence electrons. The maximum atomic E-state index is 14.1. The molecule has 0 unspecified atom stereocenters. The van der Waals surface area contributed by atoms with Gasteiger partial charge in [-0.15, -0.1) is 0 Å². The molecule has 6 aromatic rings. The molecule has 0 bridgehead atoms. The van der Waals surface area contributed by atoms with Gasteiger partial charge in [-0.05, 0) is 131 Å². The van der Waals surface area contributed by atoms with E-state index < -0.39 is 0 Å². The number of nitrogens with zero attached hydrogens (tertiary/aromatic N) is 2. The van der Waals surface area contributed by atoms with E-state index in [-0.39, 0.29) is 34.5 Å². The van der Waals surface area contributed by atoms with Crippen LogP contribution in [0.4, 0.5) is 11.4 Å². The van der Waals surface area contributed by atoms with Crippen molar-refractivity contribution in [3.63, 3.8) is 0 Å². The molecule has 6 nitrogen and oxygen atoms in total. The van der Waals surface area contributed by atoms with Crippen molar-refractivity contribution >= 4 is 35.0 Å². The molecule has 2 aliphatic rings. The first kappa shape index (κ1) is 38.5. The topological polar surface area (TPSA) is 74.8 Å². The quantitative estimate of drug-likeness (QED) is 0.152. The molecule has 0 atom stereocenters. The predicted octanol–water partition coefficient (Wildman–Crippen LogP) is 12.1. The van der Waals surface area contributed by atoms with Crippen LogP contribution in [0, 0.1) is 24.7 Å². The van der Waals surface area contributed by atoms with Gasteiger partial charge < -0.3 is 0 Å². The van der Waals surface area contributed by atoms with Crippen LogP contribution in [-0.2, 0) is 12.8 Å². The minimum atomic E-state index is -0.333. The van der Waals surface area contributed by atoms with E-state index in [1.165, 1.54) is 9.80 Å². The Balaban J connectivity index is 1.16. The second-order valence-electron chi connectivity index (χ2n) is 18.3. The molecule has 6 heteroatoms. The van der Waals surface area contributed by atoms with Crippen LogP contribution in [0.3, 0.4) is 0 Å². The summed E-state index contributed by atoms with van der Waals surface area (Å²) >= 11 is 0. The van der Waals surface area contributed by atoms with Gasteiger partial charge in [0, 0.05) is 0 Å². The van der Waals surface area contributed by atoms with Crippen LogP contribution < -0.4 is 9.80 Å². The van der Waals surface area contributed by atoms with Gasteiger partial charge in [0.05, 0.1) is 33.6 Å². The Morgan fingerprint density at radius 3 is 1.00 bits per heavy atom. The molecule has 0 fully saturated rings. The Labute approximate surface area is 341 Å². The zero-order valence-electron chi connectivity index (χ0n) is 34.5. The first-order valence-electron chi connectivity index (χ1n) is 19.9. The van der Waals surface area contributed by atoms with Crippen LogP contribution in [0.15, 0.2) is 121 Å². The van der Waals surface area contributed by atoms with Gasteiger partial charge >= 0.3 is 0 Å². The highest BCUT2D eigenvalue weighted by atomic mass is 16.2. The number of carbonyl (C=O) groups is 4. The van der Waals surface area contributed by atoms with E-state index >= 15 is 0 Å². The molecule has 0 aliphatic carbocycles. The molecule has 4 amide bonds. The molecule has 0 saturated carbocycles. The fraction of sp³-hybridized carbons (Fsp3) is 0.231. The van der Waals surface area contributed by atoms with Crippen molar-refractivity contribution in [1.29, 1.82) is 0 Å². The zero-order valence-corrected chi connectivity index (χ0v) is 34.5. The largest absolute Gasteiger partial charge is 0.268 e. The fourth-order valence-electron chi connectivity index (χ4n) is 8.16. The third-order valence-electron chi connectivity index (χ3n) is 11.0. The van der Waals surface area contributed by atoms with Crippen molar-refractivity contribution < 1.29 is 19.2 Å². The van der Waals surface area contributed by atoms with Crippen LogP contribution in [0.25, 0.3) is 33.4 Å². The van der Waals surface area contributed by atoms with E-state index in [4.69, 9.17) is 0 Å². The summed E-state index contributed by atoms with van der Waals surface area (Å²) in [5.74, 6) is -1.33. The second-order valence-corrected chi connectivity index (χ2v) is 18.3. The summed E-state index contributed by atoms with van der Waals surface area (Å²) in [4.78, 5) is 58.9. The minimum Gasteiger partial charge on any atom is -0.268 e. The van der Waals surface area contributed by atoms with Crippen LogP contribution in [-0.4, -0.2) is 23.6 Å². The molecule has 58 heavy (non-hydrogen) atoms. The molecule has 0 aromatic heterocycles. The lowest BCUT2D eigenvalue weighted by molar-refractivity contribution is 0.0910. The Bertz CT molecular complexity index is 2490. The summed E-state index contributed by atoms with van der Waals surface area (Å²) in [6, 6.07) is 39.0. The average Bonchev–Trinajstić information content (AvgIpc) is 3.57. The molecule has 0 N–H and O–H groups in total. The molecule has 2 aliphatic heterocycles. The first-order chi connectivity index (χ1) is 27.5. The van der Waals surface area contributed by atoms with Crippen molar-refractivity contribution in [1.82, 2.24) is 0 Å². The summed E-state index contributed by atoms with van der Waals surface area (Å²) in [5.41, 5.74) is 12.0. The fourth-order valence-corrected chi connectivity index (χ4v) is 8.16. The predicted molar refractivity (Wildman–Crippen MR) is 234 cm³/mol. The summed E-state index contributed by atoms with van der Waals surface area (Å²) in [5, 5.41) is 0. The average molecular weight is 765 g/mol. The number of benzene rings is 6. The van der Waals surface area contributed by atoms with E-state index in [1.807, 2.05) is 111 Å². The zero-order chi connectivity index (χ0) is 41.3. The highest BCUT2D eigenvalue weighted by Crippen LogP contribution is 2.41. The van der Waals surface area contributed by atoms with Crippen molar-refractivity contribution in [3.05, 3.63) is 166 Å². The Kier molecular flexibility index (Phi) is 9.43. The van der Waals surface area contributed by atoms with Gasteiger partial charge in [-0.2, -0.15) is 0 Å². The molecule has 8 rings (SSSR count). The summed E-state index contributed by atoms with van der Waals surface area (Å²) in [7, 11) is 0. The van der Waals surface area contributed by atoms with Crippen molar-refractivity contribution in [2.45, 2.75) is 68.2 Å². The van der Waals surface area contributed by atoms with E-state index in [9.17, 15) is 19.2 Å². The van der Waals surface area contributed by atoms with Gasteiger partial charge in [-0.3, -0.25) is 19.2 Å². The van der Waals surface area contributed by atoms with Gasteiger partial charge in [-0.1, -0.05) is 125 Å². The number of aryl methyl sites for hydroxylation is 2. The van der Waals surface area contributed by atoms with Gasteiger partial charge in [0.2, 0.25) is 0 Å². The number of anilines is 2. The number of amides is 4. The monoisotopic (exact) mass is 764 g/mol. The summed E-state index contributed by atoms with van der Waals surface area (Å²) < 4.78 is 0. The number of fused-ring (bicyclic) bond motifs is 2. The number of rotatable bonds is 7. The summed E-state index contributed by atoms with van der Waals surface area (Å²) in [6.07, 6.45) is 1.23. The third kappa shape index (κ3) is 7.20. The third-order valence-corrected chi connectivity index (χ3v) is 11.0. The Morgan fingerprint density at radius 1 is 0.362 bits per heavy atom. The minimum absolute atomic E-state index is 0.156. The molecular weight excluding hydrogens is 717 g/mol. The van der Waals surface area contributed by atoms with Crippen LogP contribution in [0.5, 0.6) is 0 Å². The number of hydrogen-bond donors (Lipinski definition) is 0. The van der Waals surface area contributed by atoms with Crippen molar-refractivity contribution in [3.8, 4) is 33.4 Å². The molecule has 0 radical (unpaired) electrons. The van der Waals surface area contributed by atoms with E-state index in [0.29, 0.717) is 46.5 Å². The van der Waals surface area contributed by atoms with Gasteiger partial charge in [-0.25, -0.2) is 9.80 Å². The second kappa shape index (κ2) is 14.2. The van der Waals surface area contributed by atoms with Crippen molar-refractivity contribution in [2.75, 3.05) is 9.80 Å². The standard InChI is InChI=1S/C52H48N2O4/c1-31-9-13-33(14-10-31)37-17-21-41-43(27-37)49(57)53(47(41)55)45-23-19-35(25-39(45)29-51(3,4)5)36-20-24-46(40(26-36)30-52(6,7)8)54-48(56)42-22-18-38(28-44(42)50(54)58)34-15-11-32(2)12-16-34/h9-28H,29-30H2,1-8H3. The van der Waals surface area contributed by atoms with Gasteiger partial charge in [0.25, 0.3) is 23.6 Å². The lowest BCUT2D eigenvalue weighted by atomic mass is 9.84. The number of imide groups is 2. The molecule has 0 saturated heterocycles. The lowest BCUT2D eigenvalue weighted by Gasteiger charge is -2.26. The molecule has 0 spiro atoms. The van der Waals surface area contributed by atoms with Crippen LogP contribution in [0.1, 0.15) is 105 Å². The van der Waals surface area contributed by atoms with E-state index in [1.54, 1.807) is 12.1 Å². The van der Waals surface area contributed by atoms with Gasteiger partial charge in [0.15, 0.2) is 0 Å². The highest BCUT2D eigenvalue weighted by Gasteiger charge is 2.40. The van der Waals surface area contributed by atoms with Crippen LogP contribution >= 0.6 is 0 Å². The lowest BCUT2D eigenvalue weighted by Crippen LogP contribution is -2.31. The molecule has 6 aromatic carbocycles.